The van der Waals surface area contributed by atoms with Crippen molar-refractivity contribution in [3.8, 4) is 0 Å². The number of hydrogen-bond acceptors (Lipinski definition) is 3. The predicted molar refractivity (Wildman–Crippen MR) is 67.0 cm³/mol. The number of rotatable bonds is 2. The first-order chi connectivity index (χ1) is 9.52. The average Bonchev–Trinajstić information content (AvgIpc) is 2.48. The fourth-order valence-electron chi connectivity index (χ4n) is 2.33. The van der Waals surface area contributed by atoms with Gasteiger partial charge in [0.1, 0.15) is 0 Å². The van der Waals surface area contributed by atoms with E-state index in [1.165, 1.54) is 18.1 Å². The second kappa shape index (κ2) is 5.98. The normalized spacial score (nSPS) is 18.8. The zero-order valence-corrected chi connectivity index (χ0v) is 11.1. The highest BCUT2D eigenvalue weighted by molar-refractivity contribution is 5.94. The van der Waals surface area contributed by atoms with Gasteiger partial charge in [-0.15, -0.1) is 0 Å². The molecule has 0 spiro atoms. The summed E-state index contributed by atoms with van der Waals surface area (Å²) >= 11 is 0. The molecular weight excluding hydrogens is 268 g/mol. The third kappa shape index (κ3) is 2.95. The first kappa shape index (κ1) is 14.4. The van der Waals surface area contributed by atoms with Crippen molar-refractivity contribution in [2.75, 3.05) is 20.2 Å². The van der Waals surface area contributed by atoms with Gasteiger partial charge in [0, 0.05) is 18.7 Å². The van der Waals surface area contributed by atoms with E-state index in [2.05, 4.69) is 4.74 Å². The summed E-state index contributed by atoms with van der Waals surface area (Å²) in [7, 11) is 1.30. The molecule has 0 N–H and O–H groups in total. The van der Waals surface area contributed by atoms with Gasteiger partial charge in [0.2, 0.25) is 0 Å². The Morgan fingerprint density at radius 1 is 1.30 bits per heavy atom. The van der Waals surface area contributed by atoms with Crippen LogP contribution in [0.3, 0.4) is 0 Å². The summed E-state index contributed by atoms with van der Waals surface area (Å²) in [5.74, 6) is -3.17. The van der Waals surface area contributed by atoms with Crippen molar-refractivity contribution < 1.29 is 23.1 Å². The van der Waals surface area contributed by atoms with Gasteiger partial charge < -0.3 is 9.64 Å². The topological polar surface area (TPSA) is 46.6 Å². The molecule has 0 aliphatic carbocycles. The summed E-state index contributed by atoms with van der Waals surface area (Å²) < 4.78 is 30.7. The Labute approximate surface area is 115 Å². The number of carbonyl (C=O) groups excluding carboxylic acids is 2. The number of halogens is 2. The molecule has 1 heterocycles. The molecule has 1 amide bonds. The molecule has 0 saturated carbocycles. The highest BCUT2D eigenvalue weighted by Crippen LogP contribution is 2.20. The monoisotopic (exact) mass is 283 g/mol. The molecule has 1 atom stereocenters. The fourth-order valence-corrected chi connectivity index (χ4v) is 2.33. The Hall–Kier alpha value is -1.98. The first-order valence-electron chi connectivity index (χ1n) is 6.35. The summed E-state index contributed by atoms with van der Waals surface area (Å²) in [6.07, 6.45) is 1.34. The average molecular weight is 283 g/mol. The van der Waals surface area contributed by atoms with Gasteiger partial charge in [-0.25, -0.2) is 8.78 Å². The van der Waals surface area contributed by atoms with Gasteiger partial charge in [-0.3, -0.25) is 9.59 Å². The molecule has 1 aromatic rings. The van der Waals surface area contributed by atoms with Crippen molar-refractivity contribution in [1.29, 1.82) is 0 Å². The van der Waals surface area contributed by atoms with E-state index in [9.17, 15) is 18.4 Å². The Balaban J connectivity index is 2.12. The van der Waals surface area contributed by atoms with Crippen LogP contribution in [-0.2, 0) is 9.53 Å². The zero-order chi connectivity index (χ0) is 14.7. The lowest BCUT2D eigenvalue weighted by atomic mass is 9.97. The van der Waals surface area contributed by atoms with Gasteiger partial charge in [-0.1, -0.05) is 0 Å². The highest BCUT2D eigenvalue weighted by Gasteiger charge is 2.29. The van der Waals surface area contributed by atoms with Crippen molar-refractivity contribution in [3.63, 3.8) is 0 Å². The summed E-state index contributed by atoms with van der Waals surface area (Å²) in [5.41, 5.74) is 0.0782. The largest absolute Gasteiger partial charge is 0.469 e. The van der Waals surface area contributed by atoms with Crippen LogP contribution in [0.4, 0.5) is 8.78 Å². The van der Waals surface area contributed by atoms with Crippen molar-refractivity contribution in [2.24, 2.45) is 5.92 Å². The number of benzene rings is 1. The molecule has 0 aromatic heterocycles. The summed E-state index contributed by atoms with van der Waals surface area (Å²) in [5, 5.41) is 0. The second-order valence-electron chi connectivity index (χ2n) is 4.74. The predicted octanol–water partition coefficient (Wildman–Crippen LogP) is 1.99. The standard InChI is InChI=1S/C14H15F2NO3/c1-20-14(19)10-3-2-6-17(8-10)13(18)9-4-5-11(15)12(16)7-9/h4-5,7,10H,2-3,6,8H2,1H3. The summed E-state index contributed by atoms with van der Waals surface area (Å²) in [4.78, 5) is 25.2. The van der Waals surface area contributed by atoms with E-state index in [1.807, 2.05) is 0 Å². The number of ether oxygens (including phenoxy) is 1. The summed E-state index contributed by atoms with van der Waals surface area (Å²) in [6, 6.07) is 3.03. The number of amides is 1. The Morgan fingerprint density at radius 2 is 2.05 bits per heavy atom. The van der Waals surface area contributed by atoms with Crippen LogP contribution in [0.15, 0.2) is 18.2 Å². The third-order valence-corrected chi connectivity index (χ3v) is 3.41. The molecule has 108 valence electrons. The van der Waals surface area contributed by atoms with Gasteiger partial charge in [0.25, 0.3) is 5.91 Å². The maximum atomic E-state index is 13.1. The lowest BCUT2D eigenvalue weighted by molar-refractivity contribution is -0.146. The van der Waals surface area contributed by atoms with Crippen LogP contribution >= 0.6 is 0 Å². The van der Waals surface area contributed by atoms with E-state index in [4.69, 9.17) is 0 Å². The van der Waals surface area contributed by atoms with Gasteiger partial charge in [-0.05, 0) is 31.0 Å². The van der Waals surface area contributed by atoms with Gasteiger partial charge >= 0.3 is 5.97 Å². The number of hydrogen-bond donors (Lipinski definition) is 0. The Morgan fingerprint density at radius 3 is 2.70 bits per heavy atom. The van der Waals surface area contributed by atoms with Gasteiger partial charge in [-0.2, -0.15) is 0 Å². The summed E-state index contributed by atoms with van der Waals surface area (Å²) in [6.45, 7) is 0.732. The molecule has 1 aliphatic rings. The zero-order valence-electron chi connectivity index (χ0n) is 11.1. The lowest BCUT2D eigenvalue weighted by Gasteiger charge is -2.31. The molecule has 6 heteroatoms. The molecular formula is C14H15F2NO3. The third-order valence-electron chi connectivity index (χ3n) is 3.41. The van der Waals surface area contributed by atoms with E-state index in [0.29, 0.717) is 19.4 Å². The minimum Gasteiger partial charge on any atom is -0.469 e. The minimum absolute atomic E-state index is 0.0782. The maximum absolute atomic E-state index is 13.1. The molecule has 1 fully saturated rings. The second-order valence-corrected chi connectivity index (χ2v) is 4.74. The number of likely N-dealkylation sites (tertiary alicyclic amines) is 1. The van der Waals surface area contributed by atoms with Crippen molar-refractivity contribution in [3.05, 3.63) is 35.4 Å². The number of nitrogens with zero attached hydrogens (tertiary/aromatic N) is 1. The van der Waals surface area contributed by atoms with E-state index in [1.54, 1.807) is 0 Å². The van der Waals surface area contributed by atoms with Crippen molar-refractivity contribution >= 4 is 11.9 Å². The van der Waals surface area contributed by atoms with Crippen LogP contribution in [0, 0.1) is 17.6 Å². The van der Waals surface area contributed by atoms with E-state index in [-0.39, 0.29) is 24.0 Å². The molecule has 1 aromatic carbocycles. The van der Waals surface area contributed by atoms with E-state index >= 15 is 0 Å². The molecule has 0 bridgehead atoms. The molecule has 1 saturated heterocycles. The number of esters is 1. The van der Waals surface area contributed by atoms with Crippen LogP contribution in [0.1, 0.15) is 23.2 Å². The maximum Gasteiger partial charge on any atom is 0.310 e. The van der Waals surface area contributed by atoms with Crippen LogP contribution in [0.2, 0.25) is 0 Å². The van der Waals surface area contributed by atoms with Gasteiger partial charge in [0.05, 0.1) is 13.0 Å². The van der Waals surface area contributed by atoms with E-state index in [0.717, 1.165) is 12.1 Å². The van der Waals surface area contributed by atoms with Crippen LogP contribution in [0.25, 0.3) is 0 Å². The van der Waals surface area contributed by atoms with Crippen LogP contribution in [-0.4, -0.2) is 37.0 Å². The first-order valence-corrected chi connectivity index (χ1v) is 6.35. The molecule has 0 radical (unpaired) electrons. The Bertz CT molecular complexity index is 533. The van der Waals surface area contributed by atoms with E-state index < -0.39 is 17.5 Å². The van der Waals surface area contributed by atoms with Crippen LogP contribution in [0.5, 0.6) is 0 Å². The molecule has 20 heavy (non-hydrogen) atoms. The minimum atomic E-state index is -1.06. The molecule has 1 aliphatic heterocycles. The lowest BCUT2D eigenvalue weighted by Crippen LogP contribution is -2.42. The SMILES string of the molecule is COC(=O)C1CCCN(C(=O)c2ccc(F)c(F)c2)C1. The number of piperidine rings is 1. The highest BCUT2D eigenvalue weighted by atomic mass is 19.2. The molecule has 2 rings (SSSR count). The Kier molecular flexibility index (Phi) is 4.32. The fraction of sp³-hybridized carbons (Fsp3) is 0.429. The number of carbonyl (C=O) groups is 2. The quantitative estimate of drug-likeness (QED) is 0.780. The number of methoxy groups -OCH3 is 1. The molecule has 4 nitrogen and oxygen atoms in total. The van der Waals surface area contributed by atoms with Crippen LogP contribution < -0.4 is 0 Å². The molecule has 1 unspecified atom stereocenters. The smallest absolute Gasteiger partial charge is 0.310 e. The van der Waals surface area contributed by atoms with Crippen molar-refractivity contribution in [1.82, 2.24) is 4.90 Å². The van der Waals surface area contributed by atoms with Crippen molar-refractivity contribution in [2.45, 2.75) is 12.8 Å². The van der Waals surface area contributed by atoms with Gasteiger partial charge in [0.15, 0.2) is 11.6 Å².